The Morgan fingerprint density at radius 2 is 1.58 bits per heavy atom. The van der Waals surface area contributed by atoms with Crippen LogP contribution in [0.15, 0.2) is 0 Å². The molecular formula is C8H12F2SSi. The topological polar surface area (TPSA) is 0 Å². The van der Waals surface area contributed by atoms with Gasteiger partial charge in [-0.2, -0.15) is 0 Å². The molecule has 12 heavy (non-hydrogen) atoms. The summed E-state index contributed by atoms with van der Waals surface area (Å²) in [5, 5.41) is 0. The molecule has 1 aromatic heterocycles. The lowest BCUT2D eigenvalue weighted by Gasteiger charge is -2.12. The second-order valence-electron chi connectivity index (χ2n) is 3.87. The van der Waals surface area contributed by atoms with Crippen molar-refractivity contribution in [3.8, 4) is 0 Å². The zero-order valence-electron chi connectivity index (χ0n) is 7.66. The first kappa shape index (κ1) is 9.86. The zero-order chi connectivity index (χ0) is 9.52. The van der Waals surface area contributed by atoms with Crippen molar-refractivity contribution in [3.63, 3.8) is 0 Å². The molecule has 0 aliphatic carbocycles. The summed E-state index contributed by atoms with van der Waals surface area (Å²) in [4.78, 5) is 0.463. The van der Waals surface area contributed by atoms with E-state index in [1.165, 1.54) is 11.3 Å². The maximum atomic E-state index is 13.2. The van der Waals surface area contributed by atoms with E-state index in [1.54, 1.807) is 6.92 Å². The van der Waals surface area contributed by atoms with Crippen LogP contribution in [0.1, 0.15) is 4.88 Å². The molecule has 0 N–H and O–H groups in total. The molecule has 0 fully saturated rings. The second kappa shape index (κ2) is 2.92. The highest BCUT2D eigenvalue weighted by Crippen LogP contribution is 2.20. The highest BCUT2D eigenvalue weighted by Gasteiger charge is 2.26. The molecule has 68 valence electrons. The number of hydrogen-bond donors (Lipinski definition) is 0. The Morgan fingerprint density at radius 1 is 1.08 bits per heavy atom. The van der Waals surface area contributed by atoms with Crippen molar-refractivity contribution in [2.45, 2.75) is 26.6 Å². The molecule has 0 radical (unpaired) electrons. The molecule has 0 aliphatic heterocycles. The largest absolute Gasteiger partial charge is 0.203 e. The molecule has 0 aromatic carbocycles. The fraction of sp³-hybridized carbons (Fsp3) is 0.500. The number of aryl methyl sites for hydroxylation is 1. The first-order valence-electron chi connectivity index (χ1n) is 3.79. The van der Waals surface area contributed by atoms with Gasteiger partial charge in [0, 0.05) is 9.38 Å². The number of hydrogen-bond acceptors (Lipinski definition) is 1. The normalized spacial score (nSPS) is 12.2. The van der Waals surface area contributed by atoms with E-state index in [4.69, 9.17) is 0 Å². The average molecular weight is 206 g/mol. The summed E-state index contributed by atoms with van der Waals surface area (Å²) in [6.07, 6.45) is 0. The van der Waals surface area contributed by atoms with Gasteiger partial charge in [-0.25, -0.2) is 8.78 Å². The Kier molecular flexibility index (Phi) is 2.40. The molecule has 0 unspecified atom stereocenters. The van der Waals surface area contributed by atoms with E-state index in [-0.39, 0.29) is 0 Å². The highest BCUT2D eigenvalue weighted by molar-refractivity contribution is 7.26. The summed E-state index contributed by atoms with van der Waals surface area (Å²) in [6, 6.07) is 0. The minimum atomic E-state index is -1.68. The van der Waals surface area contributed by atoms with E-state index in [2.05, 4.69) is 0 Å². The van der Waals surface area contributed by atoms with E-state index in [0.717, 1.165) is 0 Å². The van der Waals surface area contributed by atoms with E-state index in [0.29, 0.717) is 9.38 Å². The third-order valence-electron chi connectivity index (χ3n) is 1.64. The maximum absolute atomic E-state index is 13.2. The molecule has 0 aliphatic rings. The number of halogens is 2. The Labute approximate surface area is 76.2 Å². The van der Waals surface area contributed by atoms with Crippen LogP contribution in [0.4, 0.5) is 8.78 Å². The molecule has 0 saturated heterocycles. The smallest absolute Gasteiger partial charge is 0.172 e. The summed E-state index contributed by atoms with van der Waals surface area (Å²) in [6.45, 7) is 7.66. The predicted octanol–water partition coefficient (Wildman–Crippen LogP) is 2.88. The van der Waals surface area contributed by atoms with Crippen LogP contribution in [-0.2, 0) is 0 Å². The molecule has 1 aromatic rings. The van der Waals surface area contributed by atoms with E-state index in [1.807, 2.05) is 19.6 Å². The average Bonchev–Trinajstić information content (AvgIpc) is 2.15. The van der Waals surface area contributed by atoms with Gasteiger partial charge < -0.3 is 0 Å². The molecule has 0 atom stereocenters. The van der Waals surface area contributed by atoms with Crippen molar-refractivity contribution in [2.24, 2.45) is 0 Å². The molecule has 1 rings (SSSR count). The predicted molar refractivity (Wildman–Crippen MR) is 52.0 cm³/mol. The van der Waals surface area contributed by atoms with Crippen LogP contribution >= 0.6 is 11.3 Å². The molecule has 0 amide bonds. The van der Waals surface area contributed by atoms with Crippen LogP contribution in [0.5, 0.6) is 0 Å². The lowest BCUT2D eigenvalue weighted by atomic mass is 10.5. The van der Waals surface area contributed by atoms with Gasteiger partial charge in [0.05, 0.1) is 8.07 Å². The van der Waals surface area contributed by atoms with Crippen molar-refractivity contribution in [1.82, 2.24) is 0 Å². The van der Waals surface area contributed by atoms with Gasteiger partial charge in [-0.1, -0.05) is 19.6 Å². The van der Waals surface area contributed by atoms with Crippen LogP contribution in [0, 0.1) is 18.6 Å². The van der Waals surface area contributed by atoms with Crippen molar-refractivity contribution in [3.05, 3.63) is 16.5 Å². The van der Waals surface area contributed by atoms with Crippen molar-refractivity contribution >= 4 is 23.9 Å². The van der Waals surface area contributed by atoms with Gasteiger partial charge in [0.2, 0.25) is 0 Å². The molecule has 0 nitrogen and oxygen atoms in total. The quantitative estimate of drug-likeness (QED) is 0.620. The molecule has 0 bridgehead atoms. The Bertz CT molecular complexity index is 299. The van der Waals surface area contributed by atoms with Gasteiger partial charge in [0.25, 0.3) is 0 Å². The zero-order valence-corrected chi connectivity index (χ0v) is 9.48. The first-order chi connectivity index (χ1) is 5.34. The minimum Gasteiger partial charge on any atom is -0.203 e. The molecular weight excluding hydrogens is 194 g/mol. The van der Waals surface area contributed by atoms with Gasteiger partial charge in [0.15, 0.2) is 11.6 Å². The lowest BCUT2D eigenvalue weighted by molar-refractivity contribution is 0.516. The second-order valence-corrected chi connectivity index (χ2v) is 10.5. The number of thiophene rings is 1. The third-order valence-corrected chi connectivity index (χ3v) is 6.23. The monoisotopic (exact) mass is 206 g/mol. The summed E-state index contributed by atoms with van der Waals surface area (Å²) in [5.74, 6) is -1.27. The molecule has 0 saturated carbocycles. The van der Waals surface area contributed by atoms with Crippen LogP contribution in [0.2, 0.25) is 19.6 Å². The van der Waals surface area contributed by atoms with E-state index < -0.39 is 19.7 Å². The van der Waals surface area contributed by atoms with Gasteiger partial charge >= 0.3 is 0 Å². The van der Waals surface area contributed by atoms with Crippen LogP contribution in [0.25, 0.3) is 0 Å². The maximum Gasteiger partial charge on any atom is 0.172 e. The van der Waals surface area contributed by atoms with E-state index >= 15 is 0 Å². The standard InChI is InChI=1S/C8H12F2SSi/c1-5-6(9)7(10)8(11-5)12(2,3)4/h1-4H3. The summed E-state index contributed by atoms with van der Waals surface area (Å²) >= 11 is 1.26. The molecule has 1 heterocycles. The number of rotatable bonds is 1. The molecule has 4 heteroatoms. The third kappa shape index (κ3) is 1.59. The van der Waals surface area contributed by atoms with Gasteiger partial charge in [-0.05, 0) is 6.92 Å². The lowest BCUT2D eigenvalue weighted by Crippen LogP contribution is -2.37. The van der Waals surface area contributed by atoms with Crippen molar-refractivity contribution in [1.29, 1.82) is 0 Å². The van der Waals surface area contributed by atoms with Gasteiger partial charge in [-0.3, -0.25) is 0 Å². The Balaban J connectivity index is 3.28. The van der Waals surface area contributed by atoms with E-state index in [9.17, 15) is 8.78 Å². The summed E-state index contributed by atoms with van der Waals surface area (Å²) in [5.41, 5.74) is 0. The van der Waals surface area contributed by atoms with Crippen LogP contribution < -0.4 is 4.50 Å². The van der Waals surface area contributed by atoms with Crippen LogP contribution in [0.3, 0.4) is 0 Å². The van der Waals surface area contributed by atoms with Crippen LogP contribution in [-0.4, -0.2) is 8.07 Å². The SMILES string of the molecule is Cc1sc([Si](C)(C)C)c(F)c1F. The summed E-state index contributed by atoms with van der Waals surface area (Å²) < 4.78 is 26.8. The minimum absolute atomic E-state index is 0.463. The fourth-order valence-electron chi connectivity index (χ4n) is 0.979. The van der Waals surface area contributed by atoms with Crippen molar-refractivity contribution < 1.29 is 8.78 Å². The van der Waals surface area contributed by atoms with Gasteiger partial charge in [-0.15, -0.1) is 11.3 Å². The fourth-order valence-corrected chi connectivity index (χ4v) is 4.10. The Morgan fingerprint density at radius 3 is 1.75 bits per heavy atom. The molecule has 0 spiro atoms. The Hall–Kier alpha value is -0.223. The summed E-state index contributed by atoms with van der Waals surface area (Å²) in [7, 11) is -1.68. The highest BCUT2D eigenvalue weighted by atomic mass is 32.1. The van der Waals surface area contributed by atoms with Gasteiger partial charge in [0.1, 0.15) is 0 Å². The van der Waals surface area contributed by atoms with Crippen molar-refractivity contribution in [2.75, 3.05) is 0 Å². The first-order valence-corrected chi connectivity index (χ1v) is 8.10.